The number of pyridine rings is 1. The molecule has 0 bridgehead atoms. The zero-order valence-electron chi connectivity index (χ0n) is 15.1. The third-order valence-corrected chi connectivity index (χ3v) is 4.99. The maximum Gasteiger partial charge on any atom is 0.343 e. The molecule has 0 radical (unpaired) electrons. The molecule has 3 rings (SSSR count). The van der Waals surface area contributed by atoms with Gasteiger partial charge in [0.25, 0.3) is 5.56 Å². The van der Waals surface area contributed by atoms with E-state index in [1.54, 1.807) is 6.07 Å². The summed E-state index contributed by atoms with van der Waals surface area (Å²) in [6.45, 7) is 6.17. The van der Waals surface area contributed by atoms with E-state index in [0.717, 1.165) is 49.6 Å². The molecule has 2 heterocycles. The molecule has 0 atom stereocenters. The topological polar surface area (TPSA) is 65.6 Å². The molecule has 2 aliphatic rings. The molecule has 0 aromatic carbocycles. The summed E-state index contributed by atoms with van der Waals surface area (Å²) in [6, 6.07) is 1.64. The van der Waals surface area contributed by atoms with E-state index in [0.29, 0.717) is 0 Å². The molecule has 25 heavy (non-hydrogen) atoms. The van der Waals surface area contributed by atoms with Crippen LogP contribution in [0.5, 0.6) is 0 Å². The van der Waals surface area contributed by atoms with Crippen LogP contribution in [0.25, 0.3) is 12.2 Å². The van der Waals surface area contributed by atoms with Gasteiger partial charge in [-0.05, 0) is 42.8 Å². The minimum atomic E-state index is -0.607. The Morgan fingerprint density at radius 3 is 2.64 bits per heavy atom. The molecule has 1 saturated heterocycles. The lowest BCUT2D eigenvalue weighted by Gasteiger charge is -2.35. The molecule has 1 aliphatic carbocycles. The lowest BCUT2D eigenvalue weighted by atomic mass is 10.1. The molecule has 1 aliphatic heterocycles. The highest BCUT2D eigenvalue weighted by molar-refractivity contribution is 5.88. The van der Waals surface area contributed by atoms with Crippen molar-refractivity contribution in [1.82, 2.24) is 14.8 Å². The molecule has 1 aromatic rings. The number of ether oxygens (including phenoxy) is 1. The fraction of sp³-hybridized carbons (Fsp3) is 0.474. The first-order valence-corrected chi connectivity index (χ1v) is 8.72. The summed E-state index contributed by atoms with van der Waals surface area (Å²) in [6.07, 6.45) is 5.91. The van der Waals surface area contributed by atoms with Crippen molar-refractivity contribution in [3.05, 3.63) is 43.8 Å². The molecule has 1 N–H and O–H groups in total. The zero-order chi connectivity index (χ0) is 18.0. The minimum Gasteiger partial charge on any atom is -0.465 e. The van der Waals surface area contributed by atoms with Gasteiger partial charge in [0, 0.05) is 31.9 Å². The molecule has 1 aromatic heterocycles. The Labute approximate surface area is 147 Å². The number of nitrogens with zero attached hydrogens (tertiary/aromatic N) is 2. The van der Waals surface area contributed by atoms with E-state index < -0.39 is 11.5 Å². The maximum absolute atomic E-state index is 12.3. The van der Waals surface area contributed by atoms with Crippen LogP contribution in [-0.2, 0) is 4.74 Å². The lowest BCUT2D eigenvalue weighted by Crippen LogP contribution is -2.44. The molecule has 1 fully saturated rings. The van der Waals surface area contributed by atoms with Gasteiger partial charge in [-0.2, -0.15) is 0 Å². The molecular weight excluding hydrogens is 318 g/mol. The lowest BCUT2D eigenvalue weighted by molar-refractivity contribution is 0.0598. The Balaban J connectivity index is 2.08. The monoisotopic (exact) mass is 343 g/mol. The summed E-state index contributed by atoms with van der Waals surface area (Å²) in [5, 5.41) is 1.63. The van der Waals surface area contributed by atoms with Crippen molar-refractivity contribution in [2.24, 2.45) is 0 Å². The Morgan fingerprint density at radius 1 is 1.28 bits per heavy atom. The molecule has 0 spiro atoms. The van der Waals surface area contributed by atoms with Gasteiger partial charge in [-0.25, -0.2) is 4.79 Å². The highest BCUT2D eigenvalue weighted by Gasteiger charge is 2.19. The van der Waals surface area contributed by atoms with E-state index in [1.807, 2.05) is 0 Å². The Hall–Kier alpha value is -2.34. The zero-order valence-corrected chi connectivity index (χ0v) is 15.1. The average Bonchev–Trinajstić information content (AvgIpc) is 2.79. The Morgan fingerprint density at radius 2 is 2.00 bits per heavy atom. The van der Waals surface area contributed by atoms with E-state index in [4.69, 9.17) is 4.74 Å². The molecular formula is C19H25N3O3. The van der Waals surface area contributed by atoms with Gasteiger partial charge in [0.15, 0.2) is 0 Å². The number of rotatable bonds is 3. The predicted molar refractivity (Wildman–Crippen MR) is 97.6 cm³/mol. The van der Waals surface area contributed by atoms with Crippen molar-refractivity contribution in [2.75, 3.05) is 40.3 Å². The molecule has 134 valence electrons. The van der Waals surface area contributed by atoms with Crippen molar-refractivity contribution in [3.63, 3.8) is 0 Å². The molecule has 6 nitrogen and oxygen atoms in total. The summed E-state index contributed by atoms with van der Waals surface area (Å²) in [5.74, 6) is -0.607. The van der Waals surface area contributed by atoms with Gasteiger partial charge in [0.1, 0.15) is 5.56 Å². The van der Waals surface area contributed by atoms with Crippen molar-refractivity contribution in [3.8, 4) is 0 Å². The number of methoxy groups -OCH3 is 1. The first-order chi connectivity index (χ1) is 12.0. The normalized spacial score (nSPS) is 18.1. The number of esters is 1. The fourth-order valence-electron chi connectivity index (χ4n) is 3.37. The van der Waals surface area contributed by atoms with Gasteiger partial charge in [0.05, 0.1) is 12.5 Å². The third kappa shape index (κ3) is 3.54. The SMILES string of the molecule is CCC1=C(N2CCN(C)CC2)C=c2[nH]c(=O)c(C(=O)OC)cc2=CC1. The van der Waals surface area contributed by atoms with E-state index in [9.17, 15) is 9.59 Å². The van der Waals surface area contributed by atoms with E-state index in [1.165, 1.54) is 18.4 Å². The number of allylic oxidation sites excluding steroid dienone is 2. The smallest absolute Gasteiger partial charge is 0.343 e. The summed E-state index contributed by atoms with van der Waals surface area (Å²) in [7, 11) is 3.42. The number of aromatic nitrogens is 1. The fourth-order valence-corrected chi connectivity index (χ4v) is 3.37. The average molecular weight is 343 g/mol. The van der Waals surface area contributed by atoms with Gasteiger partial charge in [-0.3, -0.25) is 4.79 Å². The largest absolute Gasteiger partial charge is 0.465 e. The quantitative estimate of drug-likeness (QED) is 0.785. The standard InChI is InChI=1S/C19H25N3O3/c1-4-13-5-6-14-11-15(19(24)25-3)18(23)20-16(14)12-17(13)22-9-7-21(2)8-10-22/h6,11-12H,4-5,7-10H2,1-3H3,(H,20,23). The van der Waals surface area contributed by atoms with Crippen LogP contribution >= 0.6 is 0 Å². The second-order valence-corrected chi connectivity index (χ2v) is 6.56. The number of hydrogen-bond acceptors (Lipinski definition) is 5. The highest BCUT2D eigenvalue weighted by Crippen LogP contribution is 2.21. The number of H-pyrrole nitrogens is 1. The minimum absolute atomic E-state index is 0.0481. The van der Waals surface area contributed by atoms with Crippen molar-refractivity contribution in [2.45, 2.75) is 19.8 Å². The van der Waals surface area contributed by atoms with Crippen LogP contribution < -0.4 is 16.1 Å². The van der Waals surface area contributed by atoms with Crippen molar-refractivity contribution in [1.29, 1.82) is 0 Å². The Bertz CT molecular complexity index is 874. The van der Waals surface area contributed by atoms with Crippen LogP contribution in [0.2, 0.25) is 0 Å². The molecule has 0 amide bonds. The summed E-state index contributed by atoms with van der Waals surface area (Å²) < 4.78 is 4.70. The molecule has 0 unspecified atom stereocenters. The first kappa shape index (κ1) is 17.5. The van der Waals surface area contributed by atoms with Crippen LogP contribution in [0.15, 0.2) is 22.1 Å². The second kappa shape index (κ2) is 7.27. The van der Waals surface area contributed by atoms with Crippen LogP contribution in [0, 0.1) is 0 Å². The van der Waals surface area contributed by atoms with Gasteiger partial charge < -0.3 is 19.5 Å². The molecule has 0 saturated carbocycles. The number of fused-ring (bicyclic) bond motifs is 1. The number of likely N-dealkylation sites (N-methyl/N-ethyl adjacent to an activating group) is 1. The highest BCUT2D eigenvalue weighted by atomic mass is 16.5. The van der Waals surface area contributed by atoms with Crippen LogP contribution in [-0.4, -0.2) is 61.1 Å². The number of carbonyl (C=O) groups is 1. The van der Waals surface area contributed by atoms with Crippen LogP contribution in [0.3, 0.4) is 0 Å². The second-order valence-electron chi connectivity index (χ2n) is 6.56. The number of aromatic amines is 1. The van der Waals surface area contributed by atoms with Crippen LogP contribution in [0.4, 0.5) is 0 Å². The summed E-state index contributed by atoms with van der Waals surface area (Å²) in [4.78, 5) is 31.6. The van der Waals surface area contributed by atoms with E-state index in [2.05, 4.69) is 40.9 Å². The number of hydrogen-bond donors (Lipinski definition) is 1. The number of carbonyl (C=O) groups excluding carboxylic acids is 1. The van der Waals surface area contributed by atoms with Crippen molar-refractivity contribution >= 4 is 18.1 Å². The predicted octanol–water partition coefficient (Wildman–Crippen LogP) is 0.0377. The van der Waals surface area contributed by atoms with Crippen LogP contribution in [0.1, 0.15) is 30.1 Å². The number of piperazine rings is 1. The van der Waals surface area contributed by atoms with Gasteiger partial charge >= 0.3 is 5.97 Å². The van der Waals surface area contributed by atoms with Gasteiger partial charge in [-0.15, -0.1) is 0 Å². The number of nitrogens with one attached hydrogen (secondary N) is 1. The summed E-state index contributed by atoms with van der Waals surface area (Å²) in [5.41, 5.74) is 2.19. The molecule has 6 heteroatoms. The first-order valence-electron chi connectivity index (χ1n) is 8.72. The maximum atomic E-state index is 12.3. The van der Waals surface area contributed by atoms with Gasteiger partial charge in [-0.1, -0.05) is 13.0 Å². The third-order valence-electron chi connectivity index (χ3n) is 4.99. The van der Waals surface area contributed by atoms with E-state index in [-0.39, 0.29) is 5.56 Å². The summed E-state index contributed by atoms with van der Waals surface area (Å²) >= 11 is 0. The Kier molecular flexibility index (Phi) is 5.08. The van der Waals surface area contributed by atoms with Crippen molar-refractivity contribution < 1.29 is 9.53 Å². The van der Waals surface area contributed by atoms with Gasteiger partial charge in [0.2, 0.25) is 0 Å². The van der Waals surface area contributed by atoms with E-state index >= 15 is 0 Å².